The van der Waals surface area contributed by atoms with Crippen LogP contribution in [0.3, 0.4) is 0 Å². The summed E-state index contributed by atoms with van der Waals surface area (Å²) in [5, 5.41) is 2.81. The highest BCUT2D eigenvalue weighted by atomic mass is 32.2. The maximum Gasteiger partial charge on any atom is 0.338 e. The number of rotatable bonds is 6. The molecule has 0 aliphatic carbocycles. The molecule has 0 aliphatic heterocycles. The van der Waals surface area contributed by atoms with E-state index in [4.69, 9.17) is 4.74 Å². The van der Waals surface area contributed by atoms with Crippen molar-refractivity contribution in [3.8, 4) is 0 Å². The number of thiazole rings is 1. The molecule has 3 aromatic rings. The lowest BCUT2D eigenvalue weighted by molar-refractivity contribution is -0.113. The molecule has 0 aliphatic rings. The Morgan fingerprint density at radius 3 is 2.64 bits per heavy atom. The number of thioether (sulfide) groups is 1. The lowest BCUT2D eigenvalue weighted by Gasteiger charge is -2.06. The zero-order valence-corrected chi connectivity index (χ0v) is 15.2. The maximum absolute atomic E-state index is 12.1. The van der Waals surface area contributed by atoms with Crippen molar-refractivity contribution in [1.82, 2.24) is 4.98 Å². The number of hydrogen-bond donors (Lipinski definition) is 1. The van der Waals surface area contributed by atoms with Crippen LogP contribution in [0.5, 0.6) is 0 Å². The summed E-state index contributed by atoms with van der Waals surface area (Å²) in [6.45, 7) is 2.09. The highest BCUT2D eigenvalue weighted by molar-refractivity contribution is 8.01. The molecule has 0 saturated heterocycles. The average Bonchev–Trinajstić information content (AvgIpc) is 3.04. The second-order valence-corrected chi connectivity index (χ2v) is 7.34. The fraction of sp³-hybridized carbons (Fsp3) is 0.167. The Morgan fingerprint density at radius 1 is 1.16 bits per heavy atom. The van der Waals surface area contributed by atoms with Gasteiger partial charge < -0.3 is 10.1 Å². The van der Waals surface area contributed by atoms with E-state index >= 15 is 0 Å². The van der Waals surface area contributed by atoms with Crippen LogP contribution >= 0.6 is 23.1 Å². The van der Waals surface area contributed by atoms with E-state index in [2.05, 4.69) is 10.3 Å². The zero-order valence-electron chi connectivity index (χ0n) is 13.5. The van der Waals surface area contributed by atoms with Gasteiger partial charge in [0, 0.05) is 5.69 Å². The highest BCUT2D eigenvalue weighted by Gasteiger charge is 2.09. The molecule has 3 rings (SSSR count). The van der Waals surface area contributed by atoms with Crippen LogP contribution in [0, 0.1) is 0 Å². The molecule has 0 spiro atoms. The van der Waals surface area contributed by atoms with Crippen LogP contribution in [-0.2, 0) is 9.53 Å². The minimum absolute atomic E-state index is 0.117. The fourth-order valence-corrected chi connectivity index (χ4v) is 4.01. The van der Waals surface area contributed by atoms with Crippen LogP contribution in [0.25, 0.3) is 10.2 Å². The van der Waals surface area contributed by atoms with Gasteiger partial charge in [-0.15, -0.1) is 11.3 Å². The van der Waals surface area contributed by atoms with Crippen LogP contribution in [-0.4, -0.2) is 29.2 Å². The van der Waals surface area contributed by atoms with E-state index in [1.54, 1.807) is 42.5 Å². The van der Waals surface area contributed by atoms with Crippen molar-refractivity contribution in [1.29, 1.82) is 0 Å². The molecule has 0 atom stereocenters. The second-order valence-electron chi connectivity index (χ2n) is 5.08. The molecule has 2 aromatic carbocycles. The van der Waals surface area contributed by atoms with Crippen molar-refractivity contribution in [2.75, 3.05) is 17.7 Å². The van der Waals surface area contributed by atoms with Crippen LogP contribution in [0.4, 0.5) is 5.69 Å². The van der Waals surface area contributed by atoms with Crippen LogP contribution in [0.15, 0.2) is 52.9 Å². The number of nitrogens with one attached hydrogen (secondary N) is 1. The summed E-state index contributed by atoms with van der Waals surface area (Å²) < 4.78 is 6.91. The van der Waals surface area contributed by atoms with Gasteiger partial charge in [-0.1, -0.05) is 23.9 Å². The van der Waals surface area contributed by atoms with E-state index in [0.717, 1.165) is 14.6 Å². The highest BCUT2D eigenvalue weighted by Crippen LogP contribution is 2.29. The Hall–Kier alpha value is -2.38. The second kappa shape index (κ2) is 8.13. The summed E-state index contributed by atoms with van der Waals surface area (Å²) in [6, 6.07) is 14.5. The number of amides is 1. The third kappa shape index (κ3) is 4.58. The quantitative estimate of drug-likeness (QED) is 0.519. The first-order valence-electron chi connectivity index (χ1n) is 7.71. The zero-order chi connectivity index (χ0) is 17.6. The van der Waals surface area contributed by atoms with Gasteiger partial charge in [0.25, 0.3) is 0 Å². The van der Waals surface area contributed by atoms with Crippen molar-refractivity contribution >= 4 is 50.9 Å². The standard InChI is InChI=1S/C18H16N2O3S2/c1-2-23-17(22)12-7-9-13(10-8-12)19-16(21)11-24-18-20-14-5-3-4-6-15(14)25-18/h3-10H,2,11H2,1H3,(H,19,21). The van der Waals surface area contributed by atoms with E-state index in [1.165, 1.54) is 11.8 Å². The molecule has 0 saturated carbocycles. The molecule has 128 valence electrons. The number of esters is 1. The number of anilines is 1. The van der Waals surface area contributed by atoms with Crippen molar-refractivity contribution in [3.05, 3.63) is 54.1 Å². The first kappa shape index (κ1) is 17.4. The first-order valence-corrected chi connectivity index (χ1v) is 9.51. The monoisotopic (exact) mass is 372 g/mol. The van der Waals surface area contributed by atoms with Gasteiger partial charge in [-0.25, -0.2) is 9.78 Å². The average molecular weight is 372 g/mol. The topological polar surface area (TPSA) is 68.3 Å². The van der Waals surface area contributed by atoms with Crippen molar-refractivity contribution in [2.24, 2.45) is 0 Å². The predicted molar refractivity (Wildman–Crippen MR) is 101 cm³/mol. The van der Waals surface area contributed by atoms with Gasteiger partial charge >= 0.3 is 5.97 Å². The Morgan fingerprint density at radius 2 is 1.92 bits per heavy atom. The van der Waals surface area contributed by atoms with Crippen LogP contribution in [0.1, 0.15) is 17.3 Å². The number of carbonyl (C=O) groups excluding carboxylic acids is 2. The molecule has 0 bridgehead atoms. The van der Waals surface area contributed by atoms with Crippen molar-refractivity contribution < 1.29 is 14.3 Å². The molecule has 5 nitrogen and oxygen atoms in total. The van der Waals surface area contributed by atoms with E-state index in [0.29, 0.717) is 17.9 Å². The van der Waals surface area contributed by atoms with Gasteiger partial charge in [0.15, 0.2) is 4.34 Å². The summed E-state index contributed by atoms with van der Waals surface area (Å²) in [7, 11) is 0. The number of carbonyl (C=O) groups is 2. The number of ether oxygens (including phenoxy) is 1. The summed E-state index contributed by atoms with van der Waals surface area (Å²) in [5.41, 5.74) is 2.05. The minimum Gasteiger partial charge on any atom is -0.462 e. The summed E-state index contributed by atoms with van der Waals surface area (Å²) in [6.07, 6.45) is 0. The van der Waals surface area contributed by atoms with Gasteiger partial charge in [0.05, 0.1) is 28.1 Å². The molecule has 25 heavy (non-hydrogen) atoms. The molecule has 7 heteroatoms. The molecule has 1 N–H and O–H groups in total. The maximum atomic E-state index is 12.1. The minimum atomic E-state index is -0.369. The molecule has 0 radical (unpaired) electrons. The molecule has 0 unspecified atom stereocenters. The normalized spacial score (nSPS) is 10.6. The van der Waals surface area contributed by atoms with Crippen LogP contribution in [0.2, 0.25) is 0 Å². The molecule has 1 heterocycles. The molecule has 0 fully saturated rings. The first-order chi connectivity index (χ1) is 12.2. The molecule has 1 amide bonds. The lowest BCUT2D eigenvalue weighted by Crippen LogP contribution is -2.14. The molecular weight excluding hydrogens is 356 g/mol. The third-order valence-electron chi connectivity index (χ3n) is 3.28. The Kier molecular flexibility index (Phi) is 5.67. The smallest absolute Gasteiger partial charge is 0.338 e. The van der Waals surface area contributed by atoms with E-state index in [1.807, 2.05) is 24.3 Å². The Labute approximate surface area is 153 Å². The summed E-state index contributed by atoms with van der Waals surface area (Å²) in [5.74, 6) is -0.209. The van der Waals surface area contributed by atoms with E-state index < -0.39 is 0 Å². The lowest BCUT2D eigenvalue weighted by atomic mass is 10.2. The molecular formula is C18H16N2O3S2. The number of para-hydroxylation sites is 1. The van der Waals surface area contributed by atoms with Gasteiger partial charge in [0.1, 0.15) is 0 Å². The number of fused-ring (bicyclic) bond motifs is 1. The number of benzene rings is 2. The van der Waals surface area contributed by atoms with Crippen molar-refractivity contribution in [3.63, 3.8) is 0 Å². The summed E-state index contributed by atoms with van der Waals surface area (Å²) >= 11 is 2.99. The Bertz CT molecular complexity index is 858. The number of nitrogens with zero attached hydrogens (tertiary/aromatic N) is 1. The predicted octanol–water partition coefficient (Wildman–Crippen LogP) is 4.20. The van der Waals surface area contributed by atoms with Crippen molar-refractivity contribution in [2.45, 2.75) is 11.3 Å². The largest absolute Gasteiger partial charge is 0.462 e. The fourth-order valence-electron chi connectivity index (χ4n) is 2.14. The van der Waals surface area contributed by atoms with Gasteiger partial charge in [0.2, 0.25) is 5.91 Å². The van der Waals surface area contributed by atoms with E-state index in [9.17, 15) is 9.59 Å². The summed E-state index contributed by atoms with van der Waals surface area (Å²) in [4.78, 5) is 28.2. The van der Waals surface area contributed by atoms with E-state index in [-0.39, 0.29) is 17.6 Å². The Balaban J connectivity index is 1.54. The van der Waals surface area contributed by atoms with Gasteiger partial charge in [-0.3, -0.25) is 4.79 Å². The third-order valence-corrected chi connectivity index (χ3v) is 5.46. The molecule has 1 aromatic heterocycles. The number of aromatic nitrogens is 1. The van der Waals surface area contributed by atoms with Crippen LogP contribution < -0.4 is 5.32 Å². The van der Waals surface area contributed by atoms with Gasteiger partial charge in [-0.2, -0.15) is 0 Å². The number of hydrogen-bond acceptors (Lipinski definition) is 6. The van der Waals surface area contributed by atoms with Gasteiger partial charge in [-0.05, 0) is 43.3 Å². The SMILES string of the molecule is CCOC(=O)c1ccc(NC(=O)CSc2nc3ccccc3s2)cc1.